The maximum atomic E-state index is 11.8. The topological polar surface area (TPSA) is 54.0 Å². The highest BCUT2D eigenvalue weighted by atomic mass is 79.9. The van der Waals surface area contributed by atoms with E-state index in [0.29, 0.717) is 0 Å². The van der Waals surface area contributed by atoms with Crippen LogP contribution < -0.4 is 0 Å². The fraction of sp³-hybridized carbons (Fsp3) is 0.583. The number of ether oxygens (including phenoxy) is 4. The zero-order valence-corrected chi connectivity index (χ0v) is 12.2. The van der Waals surface area contributed by atoms with Crippen LogP contribution in [0.3, 0.4) is 0 Å². The van der Waals surface area contributed by atoms with Crippen molar-refractivity contribution in [1.29, 1.82) is 0 Å². The highest BCUT2D eigenvalue weighted by Crippen LogP contribution is 2.46. The lowest BCUT2D eigenvalue weighted by atomic mass is 9.99. The first-order valence-electron chi connectivity index (χ1n) is 5.42. The summed E-state index contributed by atoms with van der Waals surface area (Å²) in [5.41, 5.74) is -1.05. The van der Waals surface area contributed by atoms with Crippen molar-refractivity contribution in [1.82, 2.24) is 0 Å². The van der Waals surface area contributed by atoms with Gasteiger partial charge in [-0.05, 0) is 32.1 Å². The maximum Gasteiger partial charge on any atom is 0.340 e. The first-order chi connectivity index (χ1) is 8.31. The van der Waals surface area contributed by atoms with Crippen molar-refractivity contribution in [3.63, 3.8) is 0 Å². The predicted octanol–water partition coefficient (Wildman–Crippen LogP) is 1.87. The van der Waals surface area contributed by atoms with E-state index in [-0.39, 0.29) is 0 Å². The van der Waals surface area contributed by atoms with Crippen molar-refractivity contribution in [2.75, 3.05) is 14.2 Å². The van der Waals surface area contributed by atoms with Gasteiger partial charge in [-0.2, -0.15) is 0 Å². The maximum absolute atomic E-state index is 11.8. The van der Waals surface area contributed by atoms with E-state index in [1.54, 1.807) is 32.1 Å². The van der Waals surface area contributed by atoms with Crippen LogP contribution in [0.5, 0.6) is 0 Å². The molecular weight excluding hydrogens is 304 g/mol. The molecule has 2 aliphatic rings. The van der Waals surface area contributed by atoms with E-state index in [9.17, 15) is 4.79 Å². The van der Waals surface area contributed by atoms with Gasteiger partial charge in [0.05, 0.1) is 0 Å². The van der Waals surface area contributed by atoms with Gasteiger partial charge >= 0.3 is 5.97 Å². The van der Waals surface area contributed by atoms with Crippen LogP contribution in [0, 0.1) is 0 Å². The number of hydrogen-bond acceptors (Lipinski definition) is 5. The summed E-state index contributed by atoms with van der Waals surface area (Å²) < 4.78 is 22.7. The lowest BCUT2D eigenvalue weighted by Crippen LogP contribution is -2.57. The molecule has 0 aromatic heterocycles. The molecule has 0 amide bonds. The van der Waals surface area contributed by atoms with E-state index >= 15 is 0 Å². The molecule has 1 heterocycles. The first-order valence-corrected chi connectivity index (χ1v) is 6.22. The minimum atomic E-state index is -1.41. The predicted molar refractivity (Wildman–Crippen MR) is 66.9 cm³/mol. The largest absolute Gasteiger partial charge is 0.421 e. The molecule has 0 aromatic rings. The summed E-state index contributed by atoms with van der Waals surface area (Å²) >= 11 is 3.34. The van der Waals surface area contributed by atoms with Gasteiger partial charge in [-0.3, -0.25) is 0 Å². The Labute approximate surface area is 114 Å². The van der Waals surface area contributed by atoms with Gasteiger partial charge in [0.25, 0.3) is 11.6 Å². The molecule has 6 heteroatoms. The molecule has 5 nitrogen and oxygen atoms in total. The molecule has 100 valence electrons. The molecule has 0 aromatic carbocycles. The second kappa shape index (κ2) is 4.16. The van der Waals surface area contributed by atoms with Gasteiger partial charge in [0, 0.05) is 18.7 Å². The van der Waals surface area contributed by atoms with Crippen LogP contribution >= 0.6 is 15.9 Å². The van der Waals surface area contributed by atoms with Gasteiger partial charge < -0.3 is 18.9 Å². The summed E-state index contributed by atoms with van der Waals surface area (Å²) in [5.74, 6) is -3.18. The Kier molecular flexibility index (Phi) is 3.18. The molecule has 2 rings (SSSR count). The van der Waals surface area contributed by atoms with Crippen molar-refractivity contribution < 1.29 is 23.7 Å². The second-order valence-corrected chi connectivity index (χ2v) is 5.52. The molecule has 1 saturated heterocycles. The van der Waals surface area contributed by atoms with E-state index in [0.717, 1.165) is 4.48 Å². The van der Waals surface area contributed by atoms with Crippen molar-refractivity contribution in [3.8, 4) is 0 Å². The number of carbonyl (C=O) groups excluding carboxylic acids is 1. The van der Waals surface area contributed by atoms with Crippen molar-refractivity contribution >= 4 is 21.9 Å². The van der Waals surface area contributed by atoms with Crippen LogP contribution in [-0.2, 0) is 23.7 Å². The van der Waals surface area contributed by atoms with Gasteiger partial charge in [-0.15, -0.1) is 0 Å². The molecule has 1 spiro atoms. The van der Waals surface area contributed by atoms with Gasteiger partial charge in [0.15, 0.2) is 5.60 Å². The summed E-state index contributed by atoms with van der Waals surface area (Å²) in [6.07, 6.45) is 4.99. The highest BCUT2D eigenvalue weighted by molar-refractivity contribution is 9.11. The van der Waals surface area contributed by atoms with Crippen molar-refractivity contribution in [2.45, 2.75) is 31.0 Å². The normalized spacial score (nSPS) is 32.5. The van der Waals surface area contributed by atoms with Crippen LogP contribution in [0.4, 0.5) is 0 Å². The molecule has 18 heavy (non-hydrogen) atoms. The standard InChI is InChI=1S/C12H15BrO5/c1-10(2)9(14)17-11(18-10)6-5-8(13)7-12(11,15-3)16-4/h5-7H,1-4H3. The second-order valence-electron chi connectivity index (χ2n) is 4.61. The zero-order chi connectivity index (χ0) is 13.6. The average Bonchev–Trinajstić information content (AvgIpc) is 2.54. The van der Waals surface area contributed by atoms with Gasteiger partial charge in [0.2, 0.25) is 0 Å². The molecule has 1 unspecified atom stereocenters. The summed E-state index contributed by atoms with van der Waals surface area (Å²) in [7, 11) is 2.92. The third-order valence-corrected chi connectivity index (χ3v) is 3.52. The number of halogens is 1. The fourth-order valence-corrected chi connectivity index (χ4v) is 2.47. The van der Waals surface area contributed by atoms with Crippen molar-refractivity contribution in [3.05, 3.63) is 22.7 Å². The smallest absolute Gasteiger partial charge is 0.340 e. The molecule has 1 atom stereocenters. The number of rotatable bonds is 2. The molecule has 0 radical (unpaired) electrons. The average molecular weight is 319 g/mol. The van der Waals surface area contributed by atoms with Gasteiger partial charge in [-0.1, -0.05) is 15.9 Å². The lowest BCUT2D eigenvalue weighted by molar-refractivity contribution is -0.330. The molecule has 1 aliphatic carbocycles. The van der Waals surface area contributed by atoms with Gasteiger partial charge in [0.1, 0.15) is 0 Å². The Morgan fingerprint density at radius 3 is 2.33 bits per heavy atom. The number of hydrogen-bond donors (Lipinski definition) is 0. The Balaban J connectivity index is 2.50. The van der Waals surface area contributed by atoms with E-state index < -0.39 is 23.1 Å². The number of esters is 1. The zero-order valence-electron chi connectivity index (χ0n) is 10.7. The van der Waals surface area contributed by atoms with E-state index in [2.05, 4.69) is 15.9 Å². The van der Waals surface area contributed by atoms with E-state index in [1.165, 1.54) is 14.2 Å². The molecule has 0 bridgehead atoms. The fourth-order valence-electron chi connectivity index (χ4n) is 2.03. The van der Waals surface area contributed by atoms with Crippen LogP contribution in [-0.4, -0.2) is 37.4 Å². The summed E-state index contributed by atoms with van der Waals surface area (Å²) in [5, 5.41) is 0. The number of methoxy groups -OCH3 is 2. The lowest BCUT2D eigenvalue weighted by Gasteiger charge is -2.41. The number of allylic oxidation sites excluding steroid dienone is 2. The molecule has 0 saturated carbocycles. The molecule has 1 aliphatic heterocycles. The summed E-state index contributed by atoms with van der Waals surface area (Å²) in [6.45, 7) is 3.28. The summed E-state index contributed by atoms with van der Waals surface area (Å²) in [4.78, 5) is 11.8. The molecule has 0 N–H and O–H groups in total. The van der Waals surface area contributed by atoms with E-state index in [1.807, 2.05) is 0 Å². The minimum absolute atomic E-state index is 0.461. The quantitative estimate of drug-likeness (QED) is 0.574. The Bertz CT molecular complexity index is 436. The summed E-state index contributed by atoms with van der Waals surface area (Å²) in [6, 6.07) is 0. The molecule has 1 fully saturated rings. The van der Waals surface area contributed by atoms with Crippen LogP contribution in [0.2, 0.25) is 0 Å². The monoisotopic (exact) mass is 318 g/mol. The van der Waals surface area contributed by atoms with Gasteiger partial charge in [-0.25, -0.2) is 4.79 Å². The van der Waals surface area contributed by atoms with Crippen LogP contribution in [0.25, 0.3) is 0 Å². The Hall–Kier alpha value is -0.690. The number of carbonyl (C=O) groups is 1. The van der Waals surface area contributed by atoms with Crippen LogP contribution in [0.15, 0.2) is 22.7 Å². The SMILES string of the molecule is COC1(OC)C=C(Br)C=CC12OC(=O)C(C)(C)O2. The molecular formula is C12H15BrO5. The van der Waals surface area contributed by atoms with E-state index in [4.69, 9.17) is 18.9 Å². The minimum Gasteiger partial charge on any atom is -0.421 e. The first kappa shape index (κ1) is 13.7. The van der Waals surface area contributed by atoms with Crippen molar-refractivity contribution in [2.24, 2.45) is 0 Å². The Morgan fingerprint density at radius 1 is 1.28 bits per heavy atom. The highest BCUT2D eigenvalue weighted by Gasteiger charge is 2.65. The third-order valence-electron chi connectivity index (χ3n) is 3.02. The Morgan fingerprint density at radius 2 is 1.89 bits per heavy atom. The van der Waals surface area contributed by atoms with Crippen LogP contribution in [0.1, 0.15) is 13.8 Å². The third kappa shape index (κ3) is 1.75.